The highest BCUT2D eigenvalue weighted by Crippen LogP contribution is 2.24. The lowest BCUT2D eigenvalue weighted by Crippen LogP contribution is -2.30. The molecular weight excluding hydrogens is 278 g/mol. The van der Waals surface area contributed by atoms with Gasteiger partial charge in [0.2, 0.25) is 5.91 Å². The Morgan fingerprint density at radius 3 is 3.00 bits per heavy atom. The van der Waals surface area contributed by atoms with Crippen molar-refractivity contribution in [1.29, 1.82) is 0 Å². The van der Waals surface area contributed by atoms with Crippen molar-refractivity contribution >= 4 is 28.4 Å². The van der Waals surface area contributed by atoms with E-state index in [-0.39, 0.29) is 12.5 Å². The predicted octanol–water partition coefficient (Wildman–Crippen LogP) is 1.52. The summed E-state index contributed by atoms with van der Waals surface area (Å²) in [5.74, 6) is -0.0671. The van der Waals surface area contributed by atoms with Crippen molar-refractivity contribution in [3.05, 3.63) is 35.0 Å². The summed E-state index contributed by atoms with van der Waals surface area (Å²) in [4.78, 5) is 11.9. The second-order valence-electron chi connectivity index (χ2n) is 4.49. The van der Waals surface area contributed by atoms with E-state index < -0.39 is 0 Å². The molecule has 3 N–H and O–H groups in total. The largest absolute Gasteiger partial charge is 0.383 e. The normalized spacial score (nSPS) is 10.9. The molecule has 0 saturated heterocycles. The first-order valence-electron chi connectivity index (χ1n) is 6.38. The molecule has 5 nitrogen and oxygen atoms in total. The first kappa shape index (κ1) is 14.8. The van der Waals surface area contributed by atoms with Crippen molar-refractivity contribution in [3.63, 3.8) is 0 Å². The Morgan fingerprint density at radius 1 is 1.50 bits per heavy atom. The fourth-order valence-electron chi connectivity index (χ4n) is 2.14. The minimum Gasteiger partial charge on any atom is -0.383 e. The van der Waals surface area contributed by atoms with Crippen LogP contribution >= 0.6 is 11.6 Å². The molecule has 1 aromatic heterocycles. The van der Waals surface area contributed by atoms with Crippen molar-refractivity contribution in [1.82, 2.24) is 9.88 Å². The van der Waals surface area contributed by atoms with E-state index in [1.807, 2.05) is 29.0 Å². The van der Waals surface area contributed by atoms with Gasteiger partial charge in [-0.05, 0) is 17.7 Å². The number of halogens is 1. The zero-order valence-electron chi connectivity index (χ0n) is 11.4. The van der Waals surface area contributed by atoms with Gasteiger partial charge in [0, 0.05) is 36.8 Å². The van der Waals surface area contributed by atoms with Crippen molar-refractivity contribution in [2.45, 2.75) is 13.1 Å². The number of carbonyl (C=O) groups excluding carboxylic acids is 1. The van der Waals surface area contributed by atoms with Crippen molar-refractivity contribution in [3.8, 4) is 0 Å². The van der Waals surface area contributed by atoms with Crippen LogP contribution in [0.4, 0.5) is 0 Å². The number of ether oxygens (including phenoxy) is 1. The predicted molar refractivity (Wildman–Crippen MR) is 79.7 cm³/mol. The molecule has 0 atom stereocenters. The fourth-order valence-corrected chi connectivity index (χ4v) is 2.30. The molecule has 1 aromatic carbocycles. The highest BCUT2D eigenvalue weighted by atomic mass is 35.5. The van der Waals surface area contributed by atoms with E-state index in [1.165, 1.54) is 0 Å². The number of amides is 1. The Hall–Kier alpha value is -1.56. The van der Waals surface area contributed by atoms with Gasteiger partial charge in [0.05, 0.1) is 12.1 Å². The molecule has 1 heterocycles. The first-order valence-corrected chi connectivity index (χ1v) is 6.76. The Kier molecular flexibility index (Phi) is 5.00. The number of aromatic nitrogens is 1. The Morgan fingerprint density at radius 2 is 2.30 bits per heavy atom. The monoisotopic (exact) mass is 295 g/mol. The topological polar surface area (TPSA) is 69.3 Å². The zero-order chi connectivity index (χ0) is 14.5. The maximum absolute atomic E-state index is 11.9. The summed E-state index contributed by atoms with van der Waals surface area (Å²) in [5, 5.41) is 4.46. The van der Waals surface area contributed by atoms with Crippen LogP contribution in [0.25, 0.3) is 10.9 Å². The fraction of sp³-hybridized carbons (Fsp3) is 0.357. The van der Waals surface area contributed by atoms with Crippen LogP contribution in [-0.2, 0) is 22.6 Å². The number of methoxy groups -OCH3 is 1. The number of fused-ring (bicyclic) bond motifs is 1. The van der Waals surface area contributed by atoms with Crippen LogP contribution in [0.1, 0.15) is 5.56 Å². The molecule has 0 spiro atoms. The number of nitrogens with zero attached hydrogens (tertiary/aromatic N) is 1. The van der Waals surface area contributed by atoms with E-state index in [0.29, 0.717) is 24.7 Å². The maximum Gasteiger partial charge on any atom is 0.240 e. The average molecular weight is 296 g/mol. The van der Waals surface area contributed by atoms with E-state index in [4.69, 9.17) is 22.1 Å². The van der Waals surface area contributed by atoms with Crippen LogP contribution in [0.2, 0.25) is 5.02 Å². The van der Waals surface area contributed by atoms with Gasteiger partial charge in [0.1, 0.15) is 6.54 Å². The first-order chi connectivity index (χ1) is 9.65. The lowest BCUT2D eigenvalue weighted by atomic mass is 10.2. The van der Waals surface area contributed by atoms with Crippen molar-refractivity contribution in [2.75, 3.05) is 20.3 Å². The highest BCUT2D eigenvalue weighted by molar-refractivity contribution is 6.31. The lowest BCUT2D eigenvalue weighted by Gasteiger charge is -2.07. The highest BCUT2D eigenvalue weighted by Gasteiger charge is 2.10. The summed E-state index contributed by atoms with van der Waals surface area (Å²) in [6.45, 7) is 1.66. The van der Waals surface area contributed by atoms with Gasteiger partial charge in [0.15, 0.2) is 0 Å². The summed E-state index contributed by atoms with van der Waals surface area (Å²) in [5.41, 5.74) is 7.65. The summed E-state index contributed by atoms with van der Waals surface area (Å²) < 4.78 is 6.76. The molecule has 0 saturated carbocycles. The van der Waals surface area contributed by atoms with Gasteiger partial charge in [-0.1, -0.05) is 17.7 Å². The molecule has 0 radical (unpaired) electrons. The third kappa shape index (κ3) is 3.30. The van der Waals surface area contributed by atoms with E-state index in [9.17, 15) is 4.79 Å². The SMILES string of the molecule is COCCNC(=O)Cn1cc(CN)c2ccc(Cl)cc21. The summed E-state index contributed by atoms with van der Waals surface area (Å²) in [6.07, 6.45) is 1.90. The molecule has 6 heteroatoms. The number of rotatable bonds is 6. The van der Waals surface area contributed by atoms with Gasteiger partial charge in [-0.2, -0.15) is 0 Å². The van der Waals surface area contributed by atoms with Crippen LogP contribution in [0, 0.1) is 0 Å². The minimum absolute atomic E-state index is 0.0671. The molecular formula is C14H18ClN3O2. The Bertz CT molecular complexity index is 610. The van der Waals surface area contributed by atoms with E-state index in [0.717, 1.165) is 16.5 Å². The van der Waals surface area contributed by atoms with Gasteiger partial charge in [-0.15, -0.1) is 0 Å². The maximum atomic E-state index is 11.9. The van der Waals surface area contributed by atoms with Gasteiger partial charge < -0.3 is 20.4 Å². The molecule has 0 aliphatic carbocycles. The molecule has 0 aliphatic rings. The summed E-state index contributed by atoms with van der Waals surface area (Å²) >= 11 is 6.02. The molecule has 0 bridgehead atoms. The number of hydrogen-bond acceptors (Lipinski definition) is 3. The number of nitrogens with one attached hydrogen (secondary N) is 1. The number of benzene rings is 1. The molecule has 1 amide bonds. The lowest BCUT2D eigenvalue weighted by molar-refractivity contribution is -0.121. The number of hydrogen-bond donors (Lipinski definition) is 2. The average Bonchev–Trinajstić information content (AvgIpc) is 2.76. The molecule has 2 rings (SSSR count). The van der Waals surface area contributed by atoms with Crippen LogP contribution in [0.15, 0.2) is 24.4 Å². The van der Waals surface area contributed by atoms with Crippen LogP contribution in [0.3, 0.4) is 0 Å². The third-order valence-electron chi connectivity index (χ3n) is 3.09. The second-order valence-corrected chi connectivity index (χ2v) is 4.93. The van der Waals surface area contributed by atoms with E-state index in [1.54, 1.807) is 7.11 Å². The van der Waals surface area contributed by atoms with Gasteiger partial charge in [-0.25, -0.2) is 0 Å². The third-order valence-corrected chi connectivity index (χ3v) is 3.32. The van der Waals surface area contributed by atoms with Gasteiger partial charge >= 0.3 is 0 Å². The van der Waals surface area contributed by atoms with Gasteiger partial charge in [0.25, 0.3) is 0 Å². The zero-order valence-corrected chi connectivity index (χ0v) is 12.1. The second kappa shape index (κ2) is 6.74. The van der Waals surface area contributed by atoms with Crippen molar-refractivity contribution in [2.24, 2.45) is 5.73 Å². The van der Waals surface area contributed by atoms with Crippen molar-refractivity contribution < 1.29 is 9.53 Å². The molecule has 0 aliphatic heterocycles. The molecule has 20 heavy (non-hydrogen) atoms. The summed E-state index contributed by atoms with van der Waals surface area (Å²) in [7, 11) is 1.60. The minimum atomic E-state index is -0.0671. The molecule has 0 unspecified atom stereocenters. The Balaban J connectivity index is 2.21. The number of carbonyl (C=O) groups is 1. The van der Waals surface area contributed by atoms with Gasteiger partial charge in [-0.3, -0.25) is 4.79 Å². The standard InChI is InChI=1S/C14H18ClN3O2/c1-20-5-4-17-14(19)9-18-8-10(7-16)12-3-2-11(15)6-13(12)18/h2-3,6,8H,4-5,7,9,16H2,1H3,(H,17,19). The number of nitrogens with two attached hydrogens (primary N) is 1. The molecule has 2 aromatic rings. The van der Waals surface area contributed by atoms with Crippen LogP contribution < -0.4 is 11.1 Å². The van der Waals surface area contributed by atoms with E-state index >= 15 is 0 Å². The van der Waals surface area contributed by atoms with Crippen LogP contribution in [0.5, 0.6) is 0 Å². The Labute approximate surface area is 122 Å². The molecule has 0 fully saturated rings. The molecule has 108 valence electrons. The summed E-state index contributed by atoms with van der Waals surface area (Å²) in [6, 6.07) is 5.60. The van der Waals surface area contributed by atoms with E-state index in [2.05, 4.69) is 5.32 Å². The quantitative estimate of drug-likeness (QED) is 0.794. The smallest absolute Gasteiger partial charge is 0.240 e. The van der Waals surface area contributed by atoms with Crippen LogP contribution in [-0.4, -0.2) is 30.7 Å².